The Hall–Kier alpha value is -2.77. The first-order chi connectivity index (χ1) is 10.1. The van der Waals surface area contributed by atoms with E-state index < -0.39 is 11.9 Å². The molecule has 0 saturated carbocycles. The maximum absolute atomic E-state index is 12.3. The summed E-state index contributed by atoms with van der Waals surface area (Å²) < 4.78 is 0. The van der Waals surface area contributed by atoms with Crippen molar-refractivity contribution in [1.82, 2.24) is 30.4 Å². The van der Waals surface area contributed by atoms with Gasteiger partial charge in [-0.25, -0.2) is 0 Å². The van der Waals surface area contributed by atoms with E-state index in [2.05, 4.69) is 20.7 Å². The highest BCUT2D eigenvalue weighted by Gasteiger charge is 2.33. The molecule has 0 bridgehead atoms. The molecule has 2 aromatic rings. The van der Waals surface area contributed by atoms with E-state index in [4.69, 9.17) is 0 Å². The number of hydrogen-bond acceptors (Lipinski definition) is 5. The van der Waals surface area contributed by atoms with Crippen LogP contribution in [-0.2, 0) is 18.4 Å². The van der Waals surface area contributed by atoms with Gasteiger partial charge in [-0.3, -0.25) is 9.59 Å². The molecule has 1 aliphatic rings. The molecular weight excluding hydrogens is 272 g/mol. The van der Waals surface area contributed by atoms with Crippen molar-refractivity contribution in [3.8, 4) is 0 Å². The number of hydrogen-bond donors (Lipinski definition) is 1. The van der Waals surface area contributed by atoms with E-state index in [0.29, 0.717) is 6.54 Å². The maximum Gasteiger partial charge on any atom is 0.293 e. The third kappa shape index (κ3) is 2.35. The lowest BCUT2D eigenvalue weighted by atomic mass is 9.95. The Morgan fingerprint density at radius 3 is 2.81 bits per heavy atom. The highest BCUT2D eigenvalue weighted by Crippen LogP contribution is 2.26. The van der Waals surface area contributed by atoms with Gasteiger partial charge in [-0.15, -0.1) is 10.2 Å². The Balaban J connectivity index is 1.90. The third-order valence-electron chi connectivity index (χ3n) is 3.38. The quantitative estimate of drug-likeness (QED) is 0.814. The molecule has 1 unspecified atom stereocenters. The Bertz CT molecular complexity index is 710. The van der Waals surface area contributed by atoms with Gasteiger partial charge in [0.25, 0.3) is 11.7 Å². The lowest BCUT2D eigenvalue weighted by Gasteiger charge is -2.31. The van der Waals surface area contributed by atoms with Crippen molar-refractivity contribution in [3.63, 3.8) is 0 Å². The van der Waals surface area contributed by atoms with E-state index in [-0.39, 0.29) is 11.7 Å². The molecular formula is C13H14N6O2. The number of nitrogens with one attached hydrogen (secondary N) is 1. The third-order valence-corrected chi connectivity index (χ3v) is 3.38. The molecule has 0 saturated heterocycles. The van der Waals surface area contributed by atoms with E-state index in [9.17, 15) is 9.59 Å². The molecule has 2 heterocycles. The number of aryl methyl sites for hydroxylation is 1. The van der Waals surface area contributed by atoms with Crippen molar-refractivity contribution in [1.29, 1.82) is 0 Å². The molecule has 1 aromatic carbocycles. The van der Waals surface area contributed by atoms with Gasteiger partial charge in [0.15, 0.2) is 0 Å². The molecule has 8 nitrogen and oxygen atoms in total. The fraction of sp³-hybridized carbons (Fsp3) is 0.308. The van der Waals surface area contributed by atoms with E-state index in [1.807, 2.05) is 24.3 Å². The Labute approximate surface area is 120 Å². The number of aromatic nitrogens is 4. The van der Waals surface area contributed by atoms with Gasteiger partial charge in [-0.2, -0.15) is 4.80 Å². The monoisotopic (exact) mass is 286 g/mol. The molecule has 0 fully saturated rings. The molecule has 1 N–H and O–H groups in total. The number of fused-ring (bicyclic) bond motifs is 1. The first-order valence-electron chi connectivity index (χ1n) is 6.44. The van der Waals surface area contributed by atoms with Crippen LogP contribution in [0.2, 0.25) is 0 Å². The highest BCUT2D eigenvalue weighted by molar-refractivity contribution is 5.95. The van der Waals surface area contributed by atoms with Crippen LogP contribution in [0.4, 0.5) is 0 Å². The summed E-state index contributed by atoms with van der Waals surface area (Å²) in [5, 5.41) is 13.8. The molecule has 0 radical (unpaired) electrons. The van der Waals surface area contributed by atoms with E-state index >= 15 is 0 Å². The first-order valence-corrected chi connectivity index (χ1v) is 6.44. The van der Waals surface area contributed by atoms with Crippen LogP contribution in [0, 0.1) is 0 Å². The lowest BCUT2D eigenvalue weighted by molar-refractivity contribution is -0.133. The molecule has 21 heavy (non-hydrogen) atoms. The van der Waals surface area contributed by atoms with Crippen molar-refractivity contribution in [2.24, 2.45) is 7.05 Å². The van der Waals surface area contributed by atoms with Crippen LogP contribution in [0.25, 0.3) is 0 Å². The molecule has 0 spiro atoms. The van der Waals surface area contributed by atoms with Crippen molar-refractivity contribution >= 4 is 11.8 Å². The highest BCUT2D eigenvalue weighted by atomic mass is 16.2. The topological polar surface area (TPSA) is 93.0 Å². The van der Waals surface area contributed by atoms with Gasteiger partial charge in [0, 0.05) is 13.6 Å². The normalized spacial score (nSPS) is 17.5. The number of tetrazole rings is 1. The van der Waals surface area contributed by atoms with Crippen molar-refractivity contribution in [3.05, 3.63) is 41.2 Å². The summed E-state index contributed by atoms with van der Waals surface area (Å²) in [5.41, 5.74) is 1.81. The largest absolute Gasteiger partial charge is 0.339 e. The van der Waals surface area contributed by atoms with Crippen LogP contribution in [0.5, 0.6) is 0 Å². The van der Waals surface area contributed by atoms with Gasteiger partial charge in [0.1, 0.15) is 6.04 Å². The van der Waals surface area contributed by atoms with Crippen LogP contribution in [0.3, 0.4) is 0 Å². The van der Waals surface area contributed by atoms with E-state index in [0.717, 1.165) is 11.1 Å². The number of likely N-dealkylation sites (N-methyl/N-ethyl adjacent to an activating group) is 1. The molecule has 3 rings (SSSR count). The van der Waals surface area contributed by atoms with Crippen molar-refractivity contribution < 1.29 is 9.59 Å². The van der Waals surface area contributed by atoms with Crippen LogP contribution in [-0.4, -0.2) is 44.0 Å². The second-order valence-electron chi connectivity index (χ2n) is 4.90. The minimum Gasteiger partial charge on any atom is -0.339 e. The first kappa shape index (κ1) is 13.2. The number of amides is 2. The maximum atomic E-state index is 12.3. The molecule has 108 valence electrons. The number of carbonyl (C=O) groups is 2. The lowest BCUT2D eigenvalue weighted by Crippen LogP contribution is -2.45. The number of nitrogens with zero attached hydrogens (tertiary/aromatic N) is 5. The number of benzene rings is 1. The predicted octanol–water partition coefficient (Wildman–Crippen LogP) is -0.347. The van der Waals surface area contributed by atoms with Gasteiger partial charge in [0.2, 0.25) is 5.91 Å². The second-order valence-corrected chi connectivity index (χ2v) is 4.90. The molecule has 1 atom stereocenters. The molecule has 8 heteroatoms. The minimum absolute atomic E-state index is 0.0593. The van der Waals surface area contributed by atoms with E-state index in [1.54, 1.807) is 19.0 Å². The smallest absolute Gasteiger partial charge is 0.293 e. The molecule has 0 aliphatic carbocycles. The molecule has 1 aliphatic heterocycles. The van der Waals surface area contributed by atoms with Gasteiger partial charge in [-0.1, -0.05) is 24.3 Å². The Morgan fingerprint density at radius 2 is 2.10 bits per heavy atom. The summed E-state index contributed by atoms with van der Waals surface area (Å²) in [4.78, 5) is 27.2. The fourth-order valence-corrected chi connectivity index (χ4v) is 2.36. The fourth-order valence-electron chi connectivity index (χ4n) is 2.36. The number of rotatable bonds is 2. The molecule has 1 aromatic heterocycles. The average molecular weight is 286 g/mol. The zero-order valence-corrected chi connectivity index (χ0v) is 11.6. The summed E-state index contributed by atoms with van der Waals surface area (Å²) in [6.45, 7) is 0.533. The summed E-state index contributed by atoms with van der Waals surface area (Å²) in [7, 11) is 3.27. The van der Waals surface area contributed by atoms with E-state index in [1.165, 1.54) is 4.80 Å². The van der Waals surface area contributed by atoms with Crippen molar-refractivity contribution in [2.45, 2.75) is 12.6 Å². The predicted molar refractivity (Wildman–Crippen MR) is 71.9 cm³/mol. The molecule has 2 amide bonds. The minimum atomic E-state index is -0.726. The summed E-state index contributed by atoms with van der Waals surface area (Å²) in [6, 6.07) is 6.81. The summed E-state index contributed by atoms with van der Waals surface area (Å²) in [6.07, 6.45) is 0. The second kappa shape index (κ2) is 4.97. The van der Waals surface area contributed by atoms with Gasteiger partial charge >= 0.3 is 0 Å². The van der Waals surface area contributed by atoms with Crippen molar-refractivity contribution in [2.75, 3.05) is 7.05 Å². The summed E-state index contributed by atoms with van der Waals surface area (Å²) in [5.74, 6) is -0.742. The van der Waals surface area contributed by atoms with Crippen LogP contribution < -0.4 is 5.32 Å². The Kier molecular flexibility index (Phi) is 3.13. The van der Waals surface area contributed by atoms with Crippen LogP contribution in [0.1, 0.15) is 27.8 Å². The zero-order chi connectivity index (χ0) is 15.0. The van der Waals surface area contributed by atoms with Crippen LogP contribution >= 0.6 is 0 Å². The van der Waals surface area contributed by atoms with Crippen LogP contribution in [0.15, 0.2) is 24.3 Å². The average Bonchev–Trinajstić information content (AvgIpc) is 2.90. The van der Waals surface area contributed by atoms with Gasteiger partial charge in [0.05, 0.1) is 7.05 Å². The zero-order valence-electron chi connectivity index (χ0n) is 11.6. The van der Waals surface area contributed by atoms with Gasteiger partial charge in [-0.05, 0) is 16.3 Å². The summed E-state index contributed by atoms with van der Waals surface area (Å²) >= 11 is 0. The number of carbonyl (C=O) groups excluding carboxylic acids is 2. The standard InChI is InChI=1S/C13H14N6O2/c1-18-7-8-5-3-4-6-9(8)10(13(18)21)14-12(20)11-15-17-19(2)16-11/h3-6,10H,7H2,1-2H3,(H,14,20). The Morgan fingerprint density at radius 1 is 1.33 bits per heavy atom. The SMILES string of the molecule is CN1Cc2ccccc2C(NC(=O)c2nnn(C)n2)C1=O. The van der Waals surface area contributed by atoms with Gasteiger partial charge < -0.3 is 10.2 Å².